The predicted octanol–water partition coefficient (Wildman–Crippen LogP) is 14.9. The molecule has 11 rings (SSSR count). The maximum absolute atomic E-state index is 6.73. The van der Waals surface area contributed by atoms with Crippen LogP contribution in [0.4, 0.5) is 0 Å². The summed E-state index contributed by atoms with van der Waals surface area (Å²) in [5.74, 6) is 0. The Morgan fingerprint density at radius 3 is 1.28 bits per heavy atom. The fraction of sp³-hybridized carbons (Fsp3) is 0. The van der Waals surface area contributed by atoms with Crippen LogP contribution in [0.1, 0.15) is 0 Å². The molecule has 0 aliphatic heterocycles. The van der Waals surface area contributed by atoms with Gasteiger partial charge in [0.05, 0.1) is 0 Å². The highest BCUT2D eigenvalue weighted by Gasteiger charge is 2.22. The first-order valence-corrected chi connectivity index (χ1v) is 18.3. The van der Waals surface area contributed by atoms with Crippen LogP contribution in [0.25, 0.3) is 110 Å². The molecular formula is C52H32O. The molecule has 1 heterocycles. The monoisotopic (exact) mass is 672 g/mol. The summed E-state index contributed by atoms with van der Waals surface area (Å²) in [5.41, 5.74) is 11.7. The molecule has 0 amide bonds. The number of rotatable bonds is 4. The fourth-order valence-electron chi connectivity index (χ4n) is 8.69. The van der Waals surface area contributed by atoms with E-state index in [0.29, 0.717) is 0 Å². The maximum Gasteiger partial charge on any atom is 0.143 e. The highest BCUT2D eigenvalue weighted by molar-refractivity contribution is 6.25. The number of benzene rings is 10. The van der Waals surface area contributed by atoms with Crippen LogP contribution in [0, 0.1) is 0 Å². The summed E-state index contributed by atoms with van der Waals surface area (Å²) in [5, 5.41) is 11.9. The second kappa shape index (κ2) is 11.8. The van der Waals surface area contributed by atoms with Gasteiger partial charge in [-0.15, -0.1) is 0 Å². The Bertz CT molecular complexity index is 3090. The summed E-state index contributed by atoms with van der Waals surface area (Å²) < 4.78 is 6.73. The topological polar surface area (TPSA) is 13.1 Å². The van der Waals surface area contributed by atoms with Gasteiger partial charge in [-0.1, -0.05) is 170 Å². The molecule has 0 saturated carbocycles. The lowest BCUT2D eigenvalue weighted by Gasteiger charge is -2.22. The Labute approximate surface area is 307 Å². The quantitative estimate of drug-likeness (QED) is 0.170. The van der Waals surface area contributed by atoms with E-state index in [2.05, 4.69) is 194 Å². The third-order valence-corrected chi connectivity index (χ3v) is 11.0. The van der Waals surface area contributed by atoms with Crippen molar-refractivity contribution in [2.75, 3.05) is 0 Å². The van der Waals surface area contributed by atoms with E-state index in [4.69, 9.17) is 4.42 Å². The van der Waals surface area contributed by atoms with Crippen molar-refractivity contribution in [2.45, 2.75) is 0 Å². The maximum atomic E-state index is 6.73. The Hall–Kier alpha value is -6.96. The second-order valence-electron chi connectivity index (χ2n) is 13.9. The Morgan fingerprint density at radius 2 is 0.698 bits per heavy atom. The Morgan fingerprint density at radius 1 is 0.245 bits per heavy atom. The number of hydrogen-bond acceptors (Lipinski definition) is 1. The van der Waals surface area contributed by atoms with Gasteiger partial charge in [-0.3, -0.25) is 0 Å². The molecule has 0 atom stereocenters. The molecular weight excluding hydrogens is 641 g/mol. The van der Waals surface area contributed by atoms with Gasteiger partial charge < -0.3 is 4.42 Å². The zero-order chi connectivity index (χ0) is 34.9. The zero-order valence-electron chi connectivity index (χ0n) is 28.9. The first-order valence-electron chi connectivity index (χ1n) is 18.3. The Balaban J connectivity index is 1.20. The molecule has 10 aromatic carbocycles. The second-order valence-corrected chi connectivity index (χ2v) is 13.9. The van der Waals surface area contributed by atoms with Gasteiger partial charge in [-0.05, 0) is 101 Å². The average molecular weight is 673 g/mol. The van der Waals surface area contributed by atoms with Gasteiger partial charge in [-0.25, -0.2) is 0 Å². The van der Waals surface area contributed by atoms with Crippen molar-refractivity contribution in [2.24, 2.45) is 0 Å². The van der Waals surface area contributed by atoms with Gasteiger partial charge in [0.1, 0.15) is 11.2 Å². The van der Waals surface area contributed by atoms with E-state index in [-0.39, 0.29) is 0 Å². The first kappa shape index (κ1) is 29.7. The van der Waals surface area contributed by atoms with Gasteiger partial charge >= 0.3 is 0 Å². The van der Waals surface area contributed by atoms with Crippen LogP contribution in [-0.2, 0) is 0 Å². The number of fused-ring (bicyclic) bond motifs is 9. The van der Waals surface area contributed by atoms with Gasteiger partial charge in [0.15, 0.2) is 0 Å². The molecule has 246 valence electrons. The summed E-state index contributed by atoms with van der Waals surface area (Å²) in [7, 11) is 0. The predicted molar refractivity (Wildman–Crippen MR) is 225 cm³/mol. The minimum Gasteiger partial charge on any atom is -0.455 e. The summed E-state index contributed by atoms with van der Waals surface area (Å²) in [6.07, 6.45) is 0. The molecule has 1 heteroatoms. The van der Waals surface area contributed by atoms with E-state index in [1.54, 1.807) is 0 Å². The van der Waals surface area contributed by atoms with E-state index >= 15 is 0 Å². The molecule has 0 radical (unpaired) electrons. The van der Waals surface area contributed by atoms with Crippen molar-refractivity contribution in [3.63, 3.8) is 0 Å². The molecule has 0 aliphatic rings. The molecule has 0 unspecified atom stereocenters. The van der Waals surface area contributed by atoms with Crippen molar-refractivity contribution in [3.05, 3.63) is 194 Å². The molecule has 0 fully saturated rings. The fourth-order valence-corrected chi connectivity index (χ4v) is 8.69. The van der Waals surface area contributed by atoms with Crippen LogP contribution in [0.3, 0.4) is 0 Å². The number of hydrogen-bond donors (Lipinski definition) is 0. The van der Waals surface area contributed by atoms with Crippen molar-refractivity contribution in [3.8, 4) is 44.5 Å². The van der Waals surface area contributed by atoms with Crippen LogP contribution in [0.5, 0.6) is 0 Å². The van der Waals surface area contributed by atoms with E-state index < -0.39 is 0 Å². The molecule has 0 bridgehead atoms. The molecule has 0 saturated heterocycles. The van der Waals surface area contributed by atoms with Gasteiger partial charge in [-0.2, -0.15) is 0 Å². The largest absolute Gasteiger partial charge is 0.455 e. The smallest absolute Gasteiger partial charge is 0.143 e. The van der Waals surface area contributed by atoms with Gasteiger partial charge in [0, 0.05) is 21.5 Å². The van der Waals surface area contributed by atoms with Crippen LogP contribution in [-0.4, -0.2) is 0 Å². The third kappa shape index (κ3) is 4.58. The summed E-state index contributed by atoms with van der Waals surface area (Å²) in [6.45, 7) is 0. The lowest BCUT2D eigenvalue weighted by molar-refractivity contribution is 0.676. The van der Waals surface area contributed by atoms with E-state index in [9.17, 15) is 0 Å². The van der Waals surface area contributed by atoms with E-state index in [1.807, 2.05) is 0 Å². The summed E-state index contributed by atoms with van der Waals surface area (Å²) in [6, 6.07) is 70.5. The van der Waals surface area contributed by atoms with Crippen LogP contribution in [0.2, 0.25) is 0 Å². The minimum atomic E-state index is 0.941. The van der Waals surface area contributed by atoms with Crippen molar-refractivity contribution in [1.29, 1.82) is 0 Å². The summed E-state index contributed by atoms with van der Waals surface area (Å²) in [4.78, 5) is 0. The lowest BCUT2D eigenvalue weighted by atomic mass is 9.81. The van der Waals surface area contributed by atoms with Gasteiger partial charge in [0.2, 0.25) is 0 Å². The summed E-state index contributed by atoms with van der Waals surface area (Å²) >= 11 is 0. The lowest BCUT2D eigenvalue weighted by Crippen LogP contribution is -1.95. The zero-order valence-corrected chi connectivity index (χ0v) is 28.9. The highest BCUT2D eigenvalue weighted by Crippen LogP contribution is 2.49. The standard InChI is InChI=1S/C52H32O/c1-3-14-33(15-4-1)38-24-13-25-39(34-16-5-2-6-17-34)49(38)50-44-22-11-9-20-42(44)48(43-21-10-12-23-45(43)50)37-28-29-41-36(32-37)27-31-47-46-30-26-35-18-7-8-19-40(35)51(46)53-52(41)47/h1-32H. The molecule has 0 N–H and O–H groups in total. The molecule has 0 spiro atoms. The average Bonchev–Trinajstić information content (AvgIpc) is 3.63. The van der Waals surface area contributed by atoms with Crippen molar-refractivity contribution < 1.29 is 4.42 Å². The molecule has 1 aromatic heterocycles. The minimum absolute atomic E-state index is 0.941. The third-order valence-electron chi connectivity index (χ3n) is 11.0. The molecule has 1 nitrogen and oxygen atoms in total. The molecule has 0 aliphatic carbocycles. The van der Waals surface area contributed by atoms with Crippen LogP contribution >= 0.6 is 0 Å². The van der Waals surface area contributed by atoms with Crippen molar-refractivity contribution >= 4 is 65.0 Å². The van der Waals surface area contributed by atoms with Gasteiger partial charge in [0.25, 0.3) is 0 Å². The highest BCUT2D eigenvalue weighted by atomic mass is 16.3. The van der Waals surface area contributed by atoms with E-state index in [0.717, 1.165) is 38.1 Å². The number of furan rings is 1. The van der Waals surface area contributed by atoms with E-state index in [1.165, 1.54) is 71.4 Å². The Kier molecular flexibility index (Phi) is 6.62. The first-order chi connectivity index (χ1) is 26.3. The molecule has 53 heavy (non-hydrogen) atoms. The van der Waals surface area contributed by atoms with Crippen LogP contribution in [0.15, 0.2) is 199 Å². The van der Waals surface area contributed by atoms with Crippen molar-refractivity contribution in [1.82, 2.24) is 0 Å². The SMILES string of the molecule is c1ccc(-c2cccc(-c3ccccc3)c2-c2c3ccccc3c(-c3ccc4c(ccc5c6ccc7ccccc7c6oc45)c3)c3ccccc23)cc1. The normalized spacial score (nSPS) is 11.8. The molecule has 11 aromatic rings. The van der Waals surface area contributed by atoms with Crippen LogP contribution < -0.4 is 0 Å².